The molecule has 2 rings (SSSR count). The summed E-state index contributed by atoms with van der Waals surface area (Å²) in [6.07, 6.45) is 15.1. The van der Waals surface area contributed by atoms with E-state index in [2.05, 4.69) is 38.1 Å². The molecule has 0 heterocycles. The van der Waals surface area contributed by atoms with Crippen molar-refractivity contribution < 1.29 is 9.42 Å². The van der Waals surface area contributed by atoms with E-state index in [0.29, 0.717) is 5.75 Å². The summed E-state index contributed by atoms with van der Waals surface area (Å²) in [6.45, 7) is 4.49. The van der Waals surface area contributed by atoms with Crippen molar-refractivity contribution in [3.05, 3.63) is 59.7 Å². The standard InChI is InChI=1S/C26H39O2PS2.Ba.2H/c1-3-5-7-9-11-13-23-15-19-25(20-16-23)28-29(27,30)31-26-21-17-24(18-22-26)14-12-10-8-6-4-2;;;/h15-22H,3-14H2,1-2H3,(H,27,30);;;. The molecule has 2 aromatic carbocycles. The normalized spacial score (nSPS) is 12.7. The predicted octanol–water partition coefficient (Wildman–Crippen LogP) is 8.18. The third-order valence-electron chi connectivity index (χ3n) is 5.43. The molecule has 1 unspecified atom stereocenters. The van der Waals surface area contributed by atoms with Gasteiger partial charge in [0.15, 0.2) is 0 Å². The van der Waals surface area contributed by atoms with Gasteiger partial charge in [-0.1, -0.05) is 89.5 Å². The van der Waals surface area contributed by atoms with E-state index < -0.39 is 5.69 Å². The van der Waals surface area contributed by atoms with Crippen LogP contribution in [0.5, 0.6) is 5.75 Å². The van der Waals surface area contributed by atoms with Crippen LogP contribution in [0.15, 0.2) is 53.4 Å². The first-order chi connectivity index (χ1) is 15.0. The average Bonchev–Trinajstić information content (AvgIpc) is 2.75. The van der Waals surface area contributed by atoms with E-state index in [4.69, 9.17) is 16.3 Å². The molecule has 0 fully saturated rings. The van der Waals surface area contributed by atoms with Crippen LogP contribution in [0.25, 0.3) is 0 Å². The number of hydrogen-bond acceptors (Lipinski definition) is 3. The Kier molecular flexibility index (Phi) is 17.4. The predicted molar refractivity (Wildman–Crippen MR) is 149 cm³/mol. The first kappa shape index (κ1) is 30.8. The molecule has 0 aromatic heterocycles. The molecule has 0 spiro atoms. The fraction of sp³-hybridized carbons (Fsp3) is 0.538. The van der Waals surface area contributed by atoms with Crippen LogP contribution in [0, 0.1) is 0 Å². The topological polar surface area (TPSA) is 29.5 Å². The van der Waals surface area contributed by atoms with Crippen molar-refractivity contribution in [2.75, 3.05) is 0 Å². The zero-order chi connectivity index (χ0) is 22.4. The van der Waals surface area contributed by atoms with E-state index in [9.17, 15) is 4.89 Å². The van der Waals surface area contributed by atoms with Crippen LogP contribution in [0.3, 0.4) is 0 Å². The van der Waals surface area contributed by atoms with Gasteiger partial charge in [0.25, 0.3) is 5.69 Å². The Hall–Kier alpha value is 0.771. The number of rotatable bonds is 16. The quantitative estimate of drug-likeness (QED) is 0.117. The van der Waals surface area contributed by atoms with Gasteiger partial charge in [-0.15, -0.1) is 0 Å². The van der Waals surface area contributed by atoms with E-state index in [1.807, 2.05) is 24.3 Å². The molecule has 0 amide bonds. The van der Waals surface area contributed by atoms with E-state index >= 15 is 0 Å². The van der Waals surface area contributed by atoms with Crippen molar-refractivity contribution >= 4 is 77.8 Å². The second-order valence-electron chi connectivity index (χ2n) is 8.27. The zero-order valence-electron chi connectivity index (χ0n) is 19.2. The molecule has 0 aliphatic carbocycles. The molecule has 0 radical (unpaired) electrons. The second kappa shape index (κ2) is 18.1. The molecule has 32 heavy (non-hydrogen) atoms. The van der Waals surface area contributed by atoms with Crippen LogP contribution in [-0.4, -0.2) is 53.8 Å². The number of hydrogen-bond donors (Lipinski definition) is 1. The van der Waals surface area contributed by atoms with Gasteiger partial charge in [0, 0.05) is 4.90 Å². The summed E-state index contributed by atoms with van der Waals surface area (Å²) in [4.78, 5) is 11.6. The first-order valence-corrected chi connectivity index (χ1v) is 16.0. The summed E-state index contributed by atoms with van der Waals surface area (Å²) in [6, 6.07) is 16.4. The maximum absolute atomic E-state index is 10.7. The van der Waals surface area contributed by atoms with Crippen LogP contribution < -0.4 is 4.52 Å². The molecule has 0 aliphatic rings. The van der Waals surface area contributed by atoms with Gasteiger partial charge >= 0.3 is 48.9 Å². The third-order valence-corrected chi connectivity index (χ3v) is 9.02. The molecular weight excluding hydrogens is 577 g/mol. The fourth-order valence-electron chi connectivity index (χ4n) is 3.58. The van der Waals surface area contributed by atoms with E-state index in [1.54, 1.807) is 0 Å². The Bertz CT molecular complexity index is 718. The molecule has 2 aromatic rings. The van der Waals surface area contributed by atoms with Crippen molar-refractivity contribution in [1.29, 1.82) is 0 Å². The van der Waals surface area contributed by atoms with Gasteiger partial charge in [0.1, 0.15) is 5.75 Å². The van der Waals surface area contributed by atoms with Crippen LogP contribution in [0.1, 0.15) is 89.2 Å². The van der Waals surface area contributed by atoms with Crippen LogP contribution in [0.2, 0.25) is 0 Å². The summed E-state index contributed by atoms with van der Waals surface area (Å²) in [7, 11) is 0. The molecule has 176 valence electrons. The molecule has 0 aliphatic heterocycles. The molecule has 2 nitrogen and oxygen atoms in total. The number of unbranched alkanes of at least 4 members (excludes halogenated alkanes) is 8. The summed E-state index contributed by atoms with van der Waals surface area (Å²) < 4.78 is 5.80. The summed E-state index contributed by atoms with van der Waals surface area (Å²) in [5, 5.41) is 0. The Morgan fingerprint density at radius 3 is 1.62 bits per heavy atom. The first-order valence-electron chi connectivity index (χ1n) is 11.9. The molecule has 1 atom stereocenters. The summed E-state index contributed by atoms with van der Waals surface area (Å²) in [5.74, 6) is 0.650. The van der Waals surface area contributed by atoms with Crippen molar-refractivity contribution in [3.63, 3.8) is 0 Å². The third kappa shape index (κ3) is 13.6. The second-order valence-corrected chi connectivity index (χ2v) is 14.3. The van der Waals surface area contributed by atoms with Gasteiger partial charge in [-0.2, -0.15) is 0 Å². The van der Waals surface area contributed by atoms with Crippen molar-refractivity contribution in [3.8, 4) is 5.75 Å². The molecule has 0 saturated carbocycles. The SMILES string of the molecule is CCCCCCCc1ccc(OP(O)(=S)Sc2ccc(CCCCCCC)cc2)cc1.[BaH2]. The van der Waals surface area contributed by atoms with Gasteiger partial charge in [0.2, 0.25) is 0 Å². The van der Waals surface area contributed by atoms with Crippen LogP contribution in [-0.2, 0) is 24.6 Å². The molecule has 0 bridgehead atoms. The Morgan fingerprint density at radius 2 is 1.16 bits per heavy atom. The van der Waals surface area contributed by atoms with Gasteiger partial charge in [-0.25, -0.2) is 0 Å². The Balaban J connectivity index is 0.00000512. The van der Waals surface area contributed by atoms with Crippen molar-refractivity contribution in [2.45, 2.75) is 95.8 Å². The molecule has 1 N–H and O–H groups in total. The van der Waals surface area contributed by atoms with Crippen molar-refractivity contribution in [1.82, 2.24) is 0 Å². The minimum atomic E-state index is -2.98. The van der Waals surface area contributed by atoms with Gasteiger partial charge < -0.3 is 9.42 Å². The minimum absolute atomic E-state index is 0. The number of aryl methyl sites for hydroxylation is 2. The summed E-state index contributed by atoms with van der Waals surface area (Å²) in [5.41, 5.74) is -0.326. The molecular formula is C26H41BaO2PS2. The Morgan fingerprint density at radius 1 is 0.719 bits per heavy atom. The molecule has 0 saturated heterocycles. The van der Waals surface area contributed by atoms with Gasteiger partial charge in [0.05, 0.1) is 0 Å². The molecule has 6 heteroatoms. The zero-order valence-corrected chi connectivity index (χ0v) is 21.8. The number of benzene rings is 2. The van der Waals surface area contributed by atoms with Gasteiger partial charge in [-0.05, 0) is 84.3 Å². The van der Waals surface area contributed by atoms with E-state index in [0.717, 1.165) is 17.7 Å². The maximum atomic E-state index is 10.7. The van der Waals surface area contributed by atoms with Crippen LogP contribution in [0.4, 0.5) is 0 Å². The van der Waals surface area contributed by atoms with Crippen LogP contribution >= 0.6 is 17.1 Å². The average molecular weight is 618 g/mol. The monoisotopic (exact) mass is 618 g/mol. The Labute approximate surface area is 245 Å². The van der Waals surface area contributed by atoms with Crippen molar-refractivity contribution in [2.24, 2.45) is 0 Å². The van der Waals surface area contributed by atoms with Gasteiger partial charge in [-0.3, -0.25) is 0 Å². The summed E-state index contributed by atoms with van der Waals surface area (Å²) >= 11 is 6.67. The van der Waals surface area contributed by atoms with E-state index in [-0.39, 0.29) is 48.9 Å². The van der Waals surface area contributed by atoms with E-state index in [1.165, 1.54) is 86.7 Å². The fourth-order valence-corrected chi connectivity index (χ4v) is 7.10.